The van der Waals surface area contributed by atoms with E-state index in [4.69, 9.17) is 11.6 Å². The molecule has 1 rings (SSSR count). The average molecular weight is 217 g/mol. The second kappa shape index (κ2) is 4.28. The van der Waals surface area contributed by atoms with Crippen LogP contribution >= 0.6 is 11.6 Å². The molecule has 0 N–H and O–H groups in total. The minimum Gasteiger partial charge on any atom is -0.315 e. The molecule has 0 atom stereocenters. The maximum Gasteiger partial charge on any atom is 0.147 e. The van der Waals surface area contributed by atoms with Crippen LogP contribution in [0.4, 0.5) is 0 Å². The number of rotatable bonds is 4. The highest BCUT2D eigenvalue weighted by molar-refractivity contribution is 6.16. The second-order valence-corrected chi connectivity index (χ2v) is 4.48. The molecule has 0 aliphatic heterocycles. The Labute approximate surface area is 89.9 Å². The number of halogens is 1. The molecule has 1 heterocycles. The highest BCUT2D eigenvalue weighted by Crippen LogP contribution is 2.14. The molecule has 0 saturated carbocycles. The van der Waals surface area contributed by atoms with Crippen molar-refractivity contribution in [1.29, 1.82) is 0 Å². The van der Waals surface area contributed by atoms with Crippen molar-refractivity contribution >= 4 is 11.6 Å². The van der Waals surface area contributed by atoms with E-state index in [0.717, 1.165) is 12.4 Å². The summed E-state index contributed by atoms with van der Waals surface area (Å²) in [4.78, 5) is 2.17. The predicted molar refractivity (Wildman–Crippen MR) is 57.3 cm³/mol. The van der Waals surface area contributed by atoms with Crippen LogP contribution in [-0.2, 0) is 12.4 Å². The van der Waals surface area contributed by atoms with Crippen molar-refractivity contribution in [3.8, 4) is 0 Å². The highest BCUT2D eigenvalue weighted by atomic mass is 35.5. The minimum atomic E-state index is 0.0726. The van der Waals surface area contributed by atoms with Gasteiger partial charge in [-0.25, -0.2) is 0 Å². The lowest BCUT2D eigenvalue weighted by atomic mass is 10.0. The molecule has 0 spiro atoms. The third-order valence-corrected chi connectivity index (χ3v) is 2.82. The first-order valence-corrected chi connectivity index (χ1v) is 5.11. The summed E-state index contributed by atoms with van der Waals surface area (Å²) in [7, 11) is 4.12. The van der Waals surface area contributed by atoms with E-state index >= 15 is 0 Å². The fourth-order valence-electron chi connectivity index (χ4n) is 1.07. The lowest BCUT2D eigenvalue weighted by Crippen LogP contribution is -2.42. The van der Waals surface area contributed by atoms with Crippen LogP contribution in [0.3, 0.4) is 0 Å². The molecule has 0 bridgehead atoms. The van der Waals surface area contributed by atoms with Crippen LogP contribution in [0, 0.1) is 0 Å². The van der Waals surface area contributed by atoms with Crippen molar-refractivity contribution in [3.05, 3.63) is 12.2 Å². The van der Waals surface area contributed by atoms with Crippen molar-refractivity contribution in [3.63, 3.8) is 0 Å². The molecule has 0 saturated heterocycles. The number of hydrogen-bond donors (Lipinski definition) is 0. The zero-order chi connectivity index (χ0) is 10.8. The maximum atomic E-state index is 5.74. The molecule has 14 heavy (non-hydrogen) atoms. The zero-order valence-corrected chi connectivity index (χ0v) is 9.91. The molecule has 1 aromatic heterocycles. The summed E-state index contributed by atoms with van der Waals surface area (Å²) in [6.07, 6.45) is 1.73. The molecular weight excluding hydrogens is 200 g/mol. The van der Waals surface area contributed by atoms with E-state index < -0.39 is 0 Å². The first-order valence-electron chi connectivity index (χ1n) is 4.57. The van der Waals surface area contributed by atoms with Crippen LogP contribution in [0.15, 0.2) is 6.33 Å². The average Bonchev–Trinajstić information content (AvgIpc) is 2.50. The van der Waals surface area contributed by atoms with E-state index in [9.17, 15) is 0 Å². The van der Waals surface area contributed by atoms with Gasteiger partial charge in [-0.05, 0) is 27.9 Å². The van der Waals surface area contributed by atoms with Gasteiger partial charge in [-0.2, -0.15) is 0 Å². The predicted octanol–water partition coefficient (Wildman–Crippen LogP) is 1.36. The van der Waals surface area contributed by atoms with E-state index in [1.54, 1.807) is 6.33 Å². The Kier molecular flexibility index (Phi) is 3.50. The van der Waals surface area contributed by atoms with E-state index in [1.807, 2.05) is 4.57 Å². The first-order chi connectivity index (χ1) is 6.47. The van der Waals surface area contributed by atoms with Crippen molar-refractivity contribution in [1.82, 2.24) is 19.7 Å². The van der Waals surface area contributed by atoms with Crippen LogP contribution in [-0.4, -0.2) is 39.3 Å². The van der Waals surface area contributed by atoms with Gasteiger partial charge >= 0.3 is 0 Å². The van der Waals surface area contributed by atoms with Crippen LogP contribution < -0.4 is 0 Å². The van der Waals surface area contributed by atoms with E-state index in [2.05, 4.69) is 43.0 Å². The summed E-state index contributed by atoms with van der Waals surface area (Å²) in [5, 5.41) is 7.79. The fraction of sp³-hybridized carbons (Fsp3) is 0.778. The van der Waals surface area contributed by atoms with Crippen molar-refractivity contribution in [2.75, 3.05) is 14.1 Å². The summed E-state index contributed by atoms with van der Waals surface area (Å²) in [6, 6.07) is 0. The lowest BCUT2D eigenvalue weighted by Gasteiger charge is -2.32. The Morgan fingerprint density at radius 1 is 1.50 bits per heavy atom. The lowest BCUT2D eigenvalue weighted by molar-refractivity contribution is 0.168. The molecule has 5 heteroatoms. The minimum absolute atomic E-state index is 0.0726. The van der Waals surface area contributed by atoms with Crippen LogP contribution in [0.1, 0.15) is 19.7 Å². The molecule has 80 valence electrons. The molecule has 0 aliphatic rings. The van der Waals surface area contributed by atoms with Gasteiger partial charge in [-0.1, -0.05) is 0 Å². The van der Waals surface area contributed by atoms with Crippen LogP contribution in [0.25, 0.3) is 0 Å². The molecule has 1 aromatic rings. The molecular formula is C9H17ClN4. The second-order valence-electron chi connectivity index (χ2n) is 4.22. The summed E-state index contributed by atoms with van der Waals surface area (Å²) in [5.74, 6) is 1.23. The third kappa shape index (κ3) is 2.45. The normalized spacial score (nSPS) is 12.4. The largest absolute Gasteiger partial charge is 0.315 e. The molecule has 0 unspecified atom stereocenters. The van der Waals surface area contributed by atoms with Gasteiger partial charge in [0.05, 0.1) is 5.88 Å². The molecule has 4 nitrogen and oxygen atoms in total. The topological polar surface area (TPSA) is 34.0 Å². The Morgan fingerprint density at radius 3 is 2.64 bits per heavy atom. The SMILES string of the molecule is CN(C)C(C)(C)Cn1cnnc1CCl. The highest BCUT2D eigenvalue weighted by Gasteiger charge is 2.22. The van der Waals surface area contributed by atoms with Crippen LogP contribution in [0.5, 0.6) is 0 Å². The van der Waals surface area contributed by atoms with Gasteiger partial charge in [0.1, 0.15) is 12.2 Å². The Morgan fingerprint density at radius 2 is 2.14 bits per heavy atom. The number of alkyl halides is 1. The van der Waals surface area contributed by atoms with Gasteiger partial charge in [-0.3, -0.25) is 0 Å². The van der Waals surface area contributed by atoms with E-state index in [0.29, 0.717) is 5.88 Å². The molecule has 0 aromatic carbocycles. The standard InChI is InChI=1S/C9H17ClN4/c1-9(2,13(3)4)6-14-7-11-12-8(14)5-10/h7H,5-6H2,1-4H3. The first kappa shape index (κ1) is 11.5. The smallest absolute Gasteiger partial charge is 0.147 e. The fourth-order valence-corrected chi connectivity index (χ4v) is 1.28. The molecule has 0 aliphatic carbocycles. The number of likely N-dealkylation sites (N-methyl/N-ethyl adjacent to an activating group) is 1. The quantitative estimate of drug-likeness (QED) is 0.713. The Balaban J connectivity index is 2.78. The summed E-state index contributed by atoms with van der Waals surface area (Å²) in [5.41, 5.74) is 0.0726. The third-order valence-electron chi connectivity index (χ3n) is 2.58. The monoisotopic (exact) mass is 216 g/mol. The molecule has 0 amide bonds. The number of nitrogens with zero attached hydrogens (tertiary/aromatic N) is 4. The van der Waals surface area contributed by atoms with Crippen molar-refractivity contribution in [2.45, 2.75) is 31.8 Å². The van der Waals surface area contributed by atoms with Gasteiger partial charge < -0.3 is 9.47 Å². The Bertz CT molecular complexity index is 293. The van der Waals surface area contributed by atoms with Gasteiger partial charge in [0, 0.05) is 12.1 Å². The molecule has 0 radical (unpaired) electrons. The van der Waals surface area contributed by atoms with Gasteiger partial charge in [0.2, 0.25) is 0 Å². The van der Waals surface area contributed by atoms with E-state index in [1.165, 1.54) is 0 Å². The van der Waals surface area contributed by atoms with Crippen molar-refractivity contribution in [2.24, 2.45) is 0 Å². The number of hydrogen-bond acceptors (Lipinski definition) is 3. The van der Waals surface area contributed by atoms with Crippen molar-refractivity contribution < 1.29 is 0 Å². The van der Waals surface area contributed by atoms with Gasteiger partial charge in [0.15, 0.2) is 0 Å². The summed E-state index contributed by atoms with van der Waals surface area (Å²) in [6.45, 7) is 5.19. The zero-order valence-electron chi connectivity index (χ0n) is 9.16. The maximum absolute atomic E-state index is 5.74. The van der Waals surface area contributed by atoms with Gasteiger partial charge in [-0.15, -0.1) is 21.8 Å². The summed E-state index contributed by atoms with van der Waals surface area (Å²) < 4.78 is 1.99. The molecule has 0 fully saturated rings. The Hall–Kier alpha value is -0.610. The van der Waals surface area contributed by atoms with Crippen LogP contribution in [0.2, 0.25) is 0 Å². The van der Waals surface area contributed by atoms with E-state index in [-0.39, 0.29) is 5.54 Å². The van der Waals surface area contributed by atoms with Gasteiger partial charge in [0.25, 0.3) is 0 Å². The summed E-state index contributed by atoms with van der Waals surface area (Å²) >= 11 is 5.74. The number of aromatic nitrogens is 3.